The smallest absolute Gasteiger partial charge is 0.223 e. The van der Waals surface area contributed by atoms with Crippen molar-refractivity contribution < 1.29 is 13.2 Å². The number of aryl methyl sites for hydroxylation is 1. The molecular weight excluding hydrogens is 407 g/mol. The summed E-state index contributed by atoms with van der Waals surface area (Å²) in [6, 6.07) is 11.0. The van der Waals surface area contributed by atoms with Gasteiger partial charge >= 0.3 is 0 Å². The zero-order chi connectivity index (χ0) is 19.9. The van der Waals surface area contributed by atoms with E-state index < -0.39 is 15.6 Å². The average molecular weight is 425 g/mol. The lowest BCUT2D eigenvalue weighted by Crippen LogP contribution is -2.24. The van der Waals surface area contributed by atoms with E-state index in [0.29, 0.717) is 5.02 Å². The van der Waals surface area contributed by atoms with E-state index in [1.165, 1.54) is 18.2 Å². The number of allylic oxidation sites excluding steroid dienone is 1. The van der Waals surface area contributed by atoms with Crippen molar-refractivity contribution in [3.8, 4) is 0 Å². The van der Waals surface area contributed by atoms with E-state index in [1.807, 2.05) is 6.92 Å². The molecule has 27 heavy (non-hydrogen) atoms. The molecule has 0 unspecified atom stereocenters. The molecule has 2 aromatic carbocycles. The first-order chi connectivity index (χ1) is 12.6. The molecular formula is C19H18Cl2N2O3S. The molecule has 0 radical (unpaired) electrons. The number of hydrogen-bond donors (Lipinski definition) is 0. The summed E-state index contributed by atoms with van der Waals surface area (Å²) in [7, 11) is -0.549. The maximum absolute atomic E-state index is 13.2. The number of sulfone groups is 1. The van der Waals surface area contributed by atoms with E-state index in [2.05, 4.69) is 0 Å². The Balaban J connectivity index is 2.16. The number of rotatable bonds is 4. The van der Waals surface area contributed by atoms with Crippen molar-refractivity contribution in [1.82, 2.24) is 9.80 Å². The van der Waals surface area contributed by atoms with Gasteiger partial charge < -0.3 is 9.80 Å². The molecule has 142 valence electrons. The Labute approximate surface area is 168 Å². The summed E-state index contributed by atoms with van der Waals surface area (Å²) in [4.78, 5) is 16.4. The van der Waals surface area contributed by atoms with E-state index in [-0.39, 0.29) is 32.9 Å². The fraction of sp³-hybridized carbons (Fsp3) is 0.211. The van der Waals surface area contributed by atoms with Gasteiger partial charge in [0.1, 0.15) is 5.70 Å². The van der Waals surface area contributed by atoms with Crippen molar-refractivity contribution in [3.05, 3.63) is 74.4 Å². The molecule has 0 atom stereocenters. The molecule has 0 aromatic heterocycles. The minimum absolute atomic E-state index is 0.0232. The first-order valence-corrected chi connectivity index (χ1v) is 10.3. The van der Waals surface area contributed by atoms with Crippen molar-refractivity contribution in [1.29, 1.82) is 0 Å². The van der Waals surface area contributed by atoms with Crippen molar-refractivity contribution in [2.75, 3.05) is 20.8 Å². The quantitative estimate of drug-likeness (QED) is 0.695. The van der Waals surface area contributed by atoms with Gasteiger partial charge in [-0.15, -0.1) is 0 Å². The number of benzene rings is 2. The number of halogens is 2. The summed E-state index contributed by atoms with van der Waals surface area (Å²) in [5.74, 6) is -0.425. The van der Waals surface area contributed by atoms with E-state index >= 15 is 0 Å². The Kier molecular flexibility index (Phi) is 5.25. The maximum atomic E-state index is 13.2. The SMILES string of the molecule is Cc1ccc(S(=O)(=O)C2=C(C(=O)c3ccc(Cl)c(Cl)c3)N(C)CN2C)cc1. The van der Waals surface area contributed by atoms with Crippen LogP contribution in [0.25, 0.3) is 0 Å². The highest BCUT2D eigenvalue weighted by Crippen LogP contribution is 2.33. The van der Waals surface area contributed by atoms with Gasteiger partial charge in [-0.25, -0.2) is 8.42 Å². The molecule has 0 saturated heterocycles. The van der Waals surface area contributed by atoms with Gasteiger partial charge in [-0.05, 0) is 37.3 Å². The lowest BCUT2D eigenvalue weighted by Gasteiger charge is -2.16. The zero-order valence-corrected chi connectivity index (χ0v) is 17.4. The summed E-state index contributed by atoms with van der Waals surface area (Å²) < 4.78 is 26.5. The molecule has 0 amide bonds. The van der Waals surface area contributed by atoms with Crippen molar-refractivity contribution in [3.63, 3.8) is 0 Å². The molecule has 1 aliphatic rings. The van der Waals surface area contributed by atoms with Crippen molar-refractivity contribution in [2.45, 2.75) is 11.8 Å². The van der Waals surface area contributed by atoms with Gasteiger partial charge in [0.25, 0.3) is 0 Å². The van der Waals surface area contributed by atoms with Crippen molar-refractivity contribution in [2.24, 2.45) is 0 Å². The van der Waals surface area contributed by atoms with Crippen LogP contribution in [0, 0.1) is 6.92 Å². The zero-order valence-electron chi connectivity index (χ0n) is 15.0. The van der Waals surface area contributed by atoms with E-state index in [4.69, 9.17) is 23.2 Å². The van der Waals surface area contributed by atoms with Gasteiger partial charge in [-0.3, -0.25) is 4.79 Å². The minimum Gasteiger partial charge on any atom is -0.351 e. The number of carbonyl (C=O) groups is 1. The van der Waals surface area contributed by atoms with Crippen LogP contribution in [0.15, 0.2) is 58.1 Å². The Morgan fingerprint density at radius 2 is 1.59 bits per heavy atom. The number of ketones is 1. The number of hydrogen-bond acceptors (Lipinski definition) is 5. The molecule has 2 aromatic rings. The minimum atomic E-state index is -3.87. The Morgan fingerprint density at radius 3 is 2.19 bits per heavy atom. The monoisotopic (exact) mass is 424 g/mol. The third-order valence-electron chi connectivity index (χ3n) is 4.34. The fourth-order valence-corrected chi connectivity index (χ4v) is 4.99. The second kappa shape index (κ2) is 7.19. The summed E-state index contributed by atoms with van der Waals surface area (Å²) in [6.45, 7) is 2.16. The summed E-state index contributed by atoms with van der Waals surface area (Å²) in [5.41, 5.74) is 1.33. The molecule has 0 bridgehead atoms. The molecule has 1 aliphatic heterocycles. The van der Waals surface area contributed by atoms with Gasteiger partial charge in [0.2, 0.25) is 15.6 Å². The largest absolute Gasteiger partial charge is 0.351 e. The van der Waals surface area contributed by atoms with Crippen LogP contribution in [-0.2, 0) is 9.84 Å². The highest BCUT2D eigenvalue weighted by molar-refractivity contribution is 7.95. The Hall–Kier alpha value is -2.02. The summed E-state index contributed by atoms with van der Waals surface area (Å²) in [6.07, 6.45) is 0. The normalized spacial score (nSPS) is 14.9. The second-order valence-electron chi connectivity index (χ2n) is 6.47. The number of nitrogens with zero attached hydrogens (tertiary/aromatic N) is 2. The van der Waals surface area contributed by atoms with Gasteiger partial charge in [0.05, 0.1) is 21.6 Å². The number of Topliss-reactive ketones (excluding diaryl/α,β-unsaturated/α-hetero) is 1. The molecule has 5 nitrogen and oxygen atoms in total. The van der Waals surface area contributed by atoms with Gasteiger partial charge in [-0.2, -0.15) is 0 Å². The van der Waals surface area contributed by atoms with E-state index in [9.17, 15) is 13.2 Å². The van der Waals surface area contributed by atoms with Crippen LogP contribution in [0.4, 0.5) is 0 Å². The van der Waals surface area contributed by atoms with E-state index in [0.717, 1.165) is 5.56 Å². The molecule has 1 heterocycles. The molecule has 0 spiro atoms. The first-order valence-electron chi connectivity index (χ1n) is 8.11. The maximum Gasteiger partial charge on any atom is 0.223 e. The highest BCUT2D eigenvalue weighted by Gasteiger charge is 2.38. The average Bonchev–Trinajstić information content (AvgIpc) is 2.91. The lowest BCUT2D eigenvalue weighted by atomic mass is 10.1. The number of carbonyl (C=O) groups excluding carboxylic acids is 1. The first kappa shape index (κ1) is 19.7. The Morgan fingerprint density at radius 1 is 0.963 bits per heavy atom. The summed E-state index contributed by atoms with van der Waals surface area (Å²) >= 11 is 11.9. The standard InChI is InChI=1S/C19H18Cl2N2O3S/c1-12-4-7-14(8-5-12)27(25,26)19-17(22(2)11-23(19)3)18(24)13-6-9-15(20)16(21)10-13/h4-10H,11H2,1-3H3. The van der Waals surface area contributed by atoms with Gasteiger partial charge in [-0.1, -0.05) is 40.9 Å². The van der Waals surface area contributed by atoms with Crippen LogP contribution in [0.5, 0.6) is 0 Å². The van der Waals surface area contributed by atoms with Crippen LogP contribution >= 0.6 is 23.2 Å². The third-order valence-corrected chi connectivity index (χ3v) is 6.98. The third kappa shape index (κ3) is 3.57. The lowest BCUT2D eigenvalue weighted by molar-refractivity contribution is 0.100. The van der Waals surface area contributed by atoms with E-state index in [1.54, 1.807) is 48.2 Å². The molecule has 0 fully saturated rings. The van der Waals surface area contributed by atoms with Crippen LogP contribution in [0.1, 0.15) is 15.9 Å². The van der Waals surface area contributed by atoms with Gasteiger partial charge in [0, 0.05) is 19.7 Å². The van der Waals surface area contributed by atoms with Crippen LogP contribution in [-0.4, -0.2) is 44.8 Å². The second-order valence-corrected chi connectivity index (χ2v) is 9.14. The molecule has 0 aliphatic carbocycles. The molecule has 8 heteroatoms. The van der Waals surface area contributed by atoms with Crippen LogP contribution in [0.2, 0.25) is 10.0 Å². The summed E-state index contributed by atoms with van der Waals surface area (Å²) in [5, 5.41) is 0.538. The van der Waals surface area contributed by atoms with Crippen LogP contribution in [0.3, 0.4) is 0 Å². The topological polar surface area (TPSA) is 57.7 Å². The molecule has 3 rings (SSSR count). The highest BCUT2D eigenvalue weighted by atomic mass is 35.5. The van der Waals surface area contributed by atoms with Gasteiger partial charge in [0.15, 0.2) is 5.03 Å². The predicted molar refractivity (Wildman–Crippen MR) is 107 cm³/mol. The number of likely N-dealkylation sites (N-methyl/N-ethyl adjacent to an activating group) is 1. The fourth-order valence-electron chi connectivity index (χ4n) is 3.00. The predicted octanol–water partition coefficient (Wildman–Crippen LogP) is 3.96. The molecule has 0 N–H and O–H groups in total. The van der Waals surface area contributed by atoms with Crippen molar-refractivity contribution >= 4 is 38.8 Å². The van der Waals surface area contributed by atoms with Crippen LogP contribution < -0.4 is 0 Å². The molecule has 0 saturated carbocycles. The Bertz CT molecular complexity index is 1050.